The van der Waals surface area contributed by atoms with Crippen LogP contribution in [0.25, 0.3) is 5.57 Å². The molecule has 0 saturated heterocycles. The van der Waals surface area contributed by atoms with E-state index in [1.54, 1.807) is 24.4 Å². The molecule has 1 aromatic carbocycles. The Morgan fingerprint density at radius 3 is 2.57 bits per heavy atom. The number of ether oxygens (including phenoxy) is 1. The molecular weight excluding hydrogens is 462 g/mol. The molecule has 1 aliphatic carbocycles. The van der Waals surface area contributed by atoms with Gasteiger partial charge >= 0.3 is 6.18 Å². The summed E-state index contributed by atoms with van der Waals surface area (Å²) in [6.07, 6.45) is 7.27. The van der Waals surface area contributed by atoms with Crippen molar-refractivity contribution < 1.29 is 27.6 Å². The van der Waals surface area contributed by atoms with Gasteiger partial charge in [-0.15, -0.1) is 0 Å². The Morgan fingerprint density at radius 1 is 1.11 bits per heavy atom. The maximum Gasteiger partial charge on any atom is 0.422 e. The van der Waals surface area contributed by atoms with Crippen molar-refractivity contribution in [1.29, 1.82) is 5.41 Å². The quantitative estimate of drug-likeness (QED) is 0.390. The van der Waals surface area contributed by atoms with Crippen LogP contribution in [-0.4, -0.2) is 34.5 Å². The summed E-state index contributed by atoms with van der Waals surface area (Å²) in [6.45, 7) is -1.43. The van der Waals surface area contributed by atoms with Gasteiger partial charge in [-0.2, -0.15) is 13.2 Å². The van der Waals surface area contributed by atoms with Gasteiger partial charge in [0.05, 0.1) is 17.0 Å². The monoisotopic (exact) mass is 488 g/mol. The average Bonchev–Trinajstić information content (AvgIpc) is 2.84. The molecule has 184 valence electrons. The first-order chi connectivity index (χ1) is 16.8. The van der Waals surface area contributed by atoms with Crippen molar-refractivity contribution in [2.45, 2.75) is 44.3 Å². The zero-order chi connectivity index (χ0) is 24.8. The van der Waals surface area contributed by atoms with Crippen molar-refractivity contribution in [1.82, 2.24) is 9.97 Å². The van der Waals surface area contributed by atoms with Crippen LogP contribution in [0.15, 0.2) is 66.3 Å². The number of rotatable bonds is 7. The Balaban J connectivity index is 1.68. The average molecular weight is 489 g/mol. The molecule has 4 N–H and O–H groups in total. The van der Waals surface area contributed by atoms with E-state index in [0.717, 1.165) is 25.7 Å². The summed E-state index contributed by atoms with van der Waals surface area (Å²) in [5, 5.41) is 13.7. The van der Waals surface area contributed by atoms with E-state index in [1.165, 1.54) is 42.1 Å². The lowest BCUT2D eigenvalue weighted by atomic mass is 9.95. The molecule has 4 rings (SSSR count). The topological polar surface area (TPSA) is 87.5 Å². The van der Waals surface area contributed by atoms with Crippen LogP contribution >= 0.6 is 0 Å². The number of nitrogens with two attached hydrogens (primary N) is 1. The summed E-state index contributed by atoms with van der Waals surface area (Å²) in [5.74, 6) is -0.00576. The molecule has 1 saturated carbocycles. The number of alkyl halides is 3. The van der Waals surface area contributed by atoms with Crippen LogP contribution in [0.2, 0.25) is 0 Å². The highest BCUT2D eigenvalue weighted by molar-refractivity contribution is 6.30. The molecule has 10 heteroatoms. The van der Waals surface area contributed by atoms with Gasteiger partial charge in [-0.05, 0) is 49.2 Å². The minimum absolute atomic E-state index is 0.0128. The van der Waals surface area contributed by atoms with Crippen LogP contribution in [-0.2, 0) is 4.74 Å². The molecule has 35 heavy (non-hydrogen) atoms. The Labute approximate surface area is 200 Å². The van der Waals surface area contributed by atoms with Gasteiger partial charge in [0, 0.05) is 30.0 Å². The molecule has 1 aromatic heterocycles. The molecule has 0 spiro atoms. The number of hydrogen-bond acceptors (Lipinski definition) is 5. The number of allylic oxidation sites excluding steroid dienone is 4. The van der Waals surface area contributed by atoms with E-state index < -0.39 is 18.6 Å². The van der Waals surface area contributed by atoms with Crippen LogP contribution in [0.4, 0.5) is 23.5 Å². The van der Waals surface area contributed by atoms with Gasteiger partial charge < -0.3 is 10.1 Å². The number of nitrogens with zero attached hydrogens (tertiary/aromatic N) is 2. The molecule has 2 aliphatic rings. The molecular formula is C25H26F4N5O+. The molecule has 1 fully saturated rings. The van der Waals surface area contributed by atoms with Gasteiger partial charge in [0.1, 0.15) is 11.5 Å². The van der Waals surface area contributed by atoms with Crippen LogP contribution in [0.3, 0.4) is 0 Å². The number of hydrogen-bond donors (Lipinski definition) is 3. The van der Waals surface area contributed by atoms with Crippen molar-refractivity contribution >= 4 is 17.2 Å². The van der Waals surface area contributed by atoms with Crippen LogP contribution in [0, 0.1) is 11.2 Å². The highest BCUT2D eigenvalue weighted by Crippen LogP contribution is 2.25. The Hall–Kier alpha value is -3.53. The number of quaternary nitrogens is 1. The van der Waals surface area contributed by atoms with Crippen molar-refractivity contribution in [3.8, 4) is 0 Å². The minimum atomic E-state index is -4.48. The van der Waals surface area contributed by atoms with Crippen molar-refractivity contribution in [3.05, 3.63) is 83.4 Å². The number of anilines is 1. The first-order valence-electron chi connectivity index (χ1n) is 11.4. The fourth-order valence-electron chi connectivity index (χ4n) is 4.08. The first-order valence-corrected chi connectivity index (χ1v) is 11.4. The second-order valence-electron chi connectivity index (χ2n) is 8.43. The molecule has 0 atom stereocenters. The Morgan fingerprint density at radius 2 is 1.86 bits per heavy atom. The van der Waals surface area contributed by atoms with Gasteiger partial charge in [-0.25, -0.2) is 19.7 Å². The first kappa shape index (κ1) is 24.6. The third-order valence-corrected chi connectivity index (χ3v) is 5.76. The molecule has 0 bridgehead atoms. The van der Waals surface area contributed by atoms with Crippen LogP contribution in [0.5, 0.6) is 0 Å². The summed E-state index contributed by atoms with van der Waals surface area (Å²) in [5.41, 5.74) is 1.70. The molecule has 0 amide bonds. The maximum atomic E-state index is 13.5. The van der Waals surface area contributed by atoms with Crippen molar-refractivity contribution in [2.24, 2.45) is 0 Å². The fourth-order valence-corrected chi connectivity index (χ4v) is 4.08. The molecule has 2 heterocycles. The SMILES string of the molecule is N=C(/C(=C1/C=CC=C(OCC(F)(F)F)[NH2+]1)c1ccnc(NC2CCCCC2)n1)c1ccc(F)cc1. The lowest BCUT2D eigenvalue weighted by Crippen LogP contribution is -2.81. The molecule has 0 unspecified atom stereocenters. The lowest BCUT2D eigenvalue weighted by Gasteiger charge is -2.23. The fraction of sp³-hybridized carbons (Fsp3) is 0.320. The number of halogens is 4. The second-order valence-corrected chi connectivity index (χ2v) is 8.43. The summed E-state index contributed by atoms with van der Waals surface area (Å²) in [4.78, 5) is 8.95. The predicted molar refractivity (Wildman–Crippen MR) is 124 cm³/mol. The van der Waals surface area contributed by atoms with Crippen molar-refractivity contribution in [3.63, 3.8) is 0 Å². The molecule has 1 aliphatic heterocycles. The number of benzene rings is 1. The predicted octanol–water partition coefficient (Wildman–Crippen LogP) is 4.69. The van der Waals surface area contributed by atoms with Crippen LogP contribution in [0.1, 0.15) is 43.4 Å². The molecule has 6 nitrogen and oxygen atoms in total. The smallest absolute Gasteiger partial charge is 0.422 e. The van der Waals surface area contributed by atoms with E-state index in [2.05, 4.69) is 15.3 Å². The minimum Gasteiger partial charge on any atom is -0.442 e. The van der Waals surface area contributed by atoms with Crippen molar-refractivity contribution in [2.75, 3.05) is 11.9 Å². The van der Waals surface area contributed by atoms with Gasteiger partial charge in [-0.3, -0.25) is 5.41 Å². The maximum absolute atomic E-state index is 13.5. The second kappa shape index (κ2) is 10.8. The molecule has 0 radical (unpaired) electrons. The van der Waals surface area contributed by atoms with E-state index in [0.29, 0.717) is 28.5 Å². The third kappa shape index (κ3) is 6.75. The highest BCUT2D eigenvalue weighted by Gasteiger charge is 2.31. The van der Waals surface area contributed by atoms with E-state index in [4.69, 9.17) is 10.1 Å². The summed E-state index contributed by atoms with van der Waals surface area (Å²) in [7, 11) is 0. The lowest BCUT2D eigenvalue weighted by molar-refractivity contribution is -0.582. The Kier molecular flexibility index (Phi) is 7.60. The van der Waals surface area contributed by atoms with E-state index in [-0.39, 0.29) is 17.6 Å². The molecule has 2 aromatic rings. The largest absolute Gasteiger partial charge is 0.442 e. The number of nitrogens with one attached hydrogen (secondary N) is 2. The Bertz CT molecular complexity index is 1150. The van der Waals surface area contributed by atoms with E-state index >= 15 is 0 Å². The standard InChI is InChI=1S/C25H25F4N5O/c26-17-11-9-16(10-12-17)23(30)22(19-7-4-8-21(33-19)35-15-25(27,28)29)20-13-14-31-24(34-20)32-18-5-2-1-3-6-18/h4,7-14,18,30,33H,1-3,5-6,15H2,(H,31,32,34)/p+1/b22-19-,30-23?. The highest BCUT2D eigenvalue weighted by atomic mass is 19.4. The van der Waals surface area contributed by atoms with Gasteiger partial charge in [0.2, 0.25) is 5.95 Å². The normalized spacial score (nSPS) is 18.1. The van der Waals surface area contributed by atoms with E-state index in [9.17, 15) is 17.6 Å². The van der Waals surface area contributed by atoms with Gasteiger partial charge in [0.25, 0.3) is 5.88 Å². The van der Waals surface area contributed by atoms with Gasteiger partial charge in [0.15, 0.2) is 6.61 Å². The summed E-state index contributed by atoms with van der Waals surface area (Å²) >= 11 is 0. The third-order valence-electron chi connectivity index (χ3n) is 5.76. The van der Waals surface area contributed by atoms with Gasteiger partial charge in [-0.1, -0.05) is 19.3 Å². The van der Waals surface area contributed by atoms with E-state index in [1.807, 2.05) is 0 Å². The zero-order valence-electron chi connectivity index (χ0n) is 18.9. The van der Waals surface area contributed by atoms with Crippen LogP contribution < -0.4 is 10.6 Å². The summed E-state index contributed by atoms with van der Waals surface area (Å²) in [6, 6.07) is 7.36. The summed E-state index contributed by atoms with van der Waals surface area (Å²) < 4.78 is 56.4. The number of aromatic nitrogens is 2. The zero-order valence-corrected chi connectivity index (χ0v) is 18.9.